The molecule has 2 rings (SSSR count). The van der Waals surface area contributed by atoms with Crippen LogP contribution in [0.25, 0.3) is 0 Å². The summed E-state index contributed by atoms with van der Waals surface area (Å²) in [6.45, 7) is 4.77. The van der Waals surface area contributed by atoms with Gasteiger partial charge in [-0.25, -0.2) is 0 Å². The summed E-state index contributed by atoms with van der Waals surface area (Å²) in [4.78, 5) is 0. The van der Waals surface area contributed by atoms with Gasteiger partial charge in [-0.2, -0.15) is 0 Å². The van der Waals surface area contributed by atoms with E-state index in [9.17, 15) is 0 Å². The second kappa shape index (κ2) is 7.17. The summed E-state index contributed by atoms with van der Waals surface area (Å²) in [5, 5.41) is 0.476. The van der Waals surface area contributed by atoms with Crippen LogP contribution >= 0.6 is 11.6 Å². The smallest absolute Gasteiger partial charge is 0.0364 e. The predicted molar refractivity (Wildman–Crippen MR) is 81.1 cm³/mol. The van der Waals surface area contributed by atoms with Gasteiger partial charge >= 0.3 is 0 Å². The second-order valence-electron chi connectivity index (χ2n) is 7.17. The van der Waals surface area contributed by atoms with Gasteiger partial charge in [-0.15, -0.1) is 11.6 Å². The molecule has 0 saturated heterocycles. The molecule has 0 radical (unpaired) electrons. The fourth-order valence-electron chi connectivity index (χ4n) is 4.09. The number of rotatable bonds is 4. The van der Waals surface area contributed by atoms with Crippen molar-refractivity contribution in [3.05, 3.63) is 0 Å². The van der Waals surface area contributed by atoms with Gasteiger partial charge in [-0.1, -0.05) is 52.4 Å². The fourth-order valence-corrected chi connectivity index (χ4v) is 4.45. The average Bonchev–Trinajstić information content (AvgIpc) is 2.38. The first-order valence-electron chi connectivity index (χ1n) is 8.31. The lowest BCUT2D eigenvalue weighted by Crippen LogP contribution is -2.28. The molecule has 0 N–H and O–H groups in total. The summed E-state index contributed by atoms with van der Waals surface area (Å²) in [5.41, 5.74) is 0. The van der Waals surface area contributed by atoms with Gasteiger partial charge in [0.1, 0.15) is 0 Å². The van der Waals surface area contributed by atoms with Crippen LogP contribution in [0, 0.1) is 23.7 Å². The molecule has 2 saturated carbocycles. The summed E-state index contributed by atoms with van der Waals surface area (Å²) in [7, 11) is 0. The summed E-state index contributed by atoms with van der Waals surface area (Å²) >= 11 is 6.57. The van der Waals surface area contributed by atoms with Crippen LogP contribution in [0.1, 0.15) is 78.1 Å². The Balaban J connectivity index is 1.75. The Morgan fingerprint density at radius 3 is 2.33 bits per heavy atom. The molecule has 0 nitrogen and oxygen atoms in total. The standard InChI is InChI=1S/C17H31Cl/c1-13(2)15-10-11-17(18)16(12-15)9-8-14-6-4-3-5-7-14/h13-17H,3-12H2,1-2H3. The molecule has 2 fully saturated rings. The molecule has 0 bridgehead atoms. The molecule has 1 heteroatoms. The summed E-state index contributed by atoms with van der Waals surface area (Å²) < 4.78 is 0. The van der Waals surface area contributed by atoms with E-state index in [-0.39, 0.29) is 0 Å². The van der Waals surface area contributed by atoms with E-state index in [0.717, 1.165) is 23.7 Å². The van der Waals surface area contributed by atoms with Gasteiger partial charge in [0, 0.05) is 5.38 Å². The zero-order valence-corrected chi connectivity index (χ0v) is 13.1. The quantitative estimate of drug-likeness (QED) is 0.548. The maximum atomic E-state index is 6.57. The monoisotopic (exact) mass is 270 g/mol. The van der Waals surface area contributed by atoms with E-state index >= 15 is 0 Å². The van der Waals surface area contributed by atoms with Crippen LogP contribution in [0.3, 0.4) is 0 Å². The van der Waals surface area contributed by atoms with Gasteiger partial charge < -0.3 is 0 Å². The Morgan fingerprint density at radius 2 is 1.67 bits per heavy atom. The van der Waals surface area contributed by atoms with Gasteiger partial charge in [-0.3, -0.25) is 0 Å². The first kappa shape index (κ1) is 14.7. The largest absolute Gasteiger partial charge is 0.123 e. The summed E-state index contributed by atoms with van der Waals surface area (Å²) in [6.07, 6.45) is 14.3. The van der Waals surface area contributed by atoms with Crippen LogP contribution in [0.15, 0.2) is 0 Å². The first-order chi connectivity index (χ1) is 8.66. The van der Waals surface area contributed by atoms with Crippen LogP contribution in [-0.4, -0.2) is 5.38 Å². The topological polar surface area (TPSA) is 0 Å². The minimum absolute atomic E-state index is 0.476. The first-order valence-corrected chi connectivity index (χ1v) is 8.74. The molecule has 3 unspecified atom stereocenters. The number of halogens is 1. The van der Waals surface area contributed by atoms with Gasteiger partial charge in [0.15, 0.2) is 0 Å². The molecule has 0 aromatic carbocycles. The zero-order chi connectivity index (χ0) is 13.0. The molecule has 0 amide bonds. The minimum atomic E-state index is 0.476. The van der Waals surface area contributed by atoms with Gasteiger partial charge in [0.25, 0.3) is 0 Å². The van der Waals surface area contributed by atoms with Crippen molar-refractivity contribution in [3.63, 3.8) is 0 Å². The lowest BCUT2D eigenvalue weighted by atomic mass is 9.73. The molecule has 0 aromatic heterocycles. The number of hydrogen-bond acceptors (Lipinski definition) is 0. The third-order valence-electron chi connectivity index (χ3n) is 5.54. The Labute approximate surface area is 119 Å². The van der Waals surface area contributed by atoms with Crippen molar-refractivity contribution in [2.45, 2.75) is 83.4 Å². The molecule has 0 heterocycles. The van der Waals surface area contributed by atoms with Crippen molar-refractivity contribution >= 4 is 11.6 Å². The molecule has 0 spiro atoms. The van der Waals surface area contributed by atoms with Crippen molar-refractivity contribution in [2.24, 2.45) is 23.7 Å². The van der Waals surface area contributed by atoms with Crippen molar-refractivity contribution < 1.29 is 0 Å². The number of hydrogen-bond donors (Lipinski definition) is 0. The van der Waals surface area contributed by atoms with E-state index in [0.29, 0.717) is 5.38 Å². The third kappa shape index (κ3) is 4.15. The van der Waals surface area contributed by atoms with Gasteiger partial charge in [0.2, 0.25) is 0 Å². The van der Waals surface area contributed by atoms with E-state index in [1.807, 2.05) is 0 Å². The highest BCUT2D eigenvalue weighted by atomic mass is 35.5. The van der Waals surface area contributed by atoms with Crippen molar-refractivity contribution in [3.8, 4) is 0 Å². The highest BCUT2D eigenvalue weighted by Gasteiger charge is 2.30. The SMILES string of the molecule is CC(C)C1CCC(Cl)C(CCC2CCCCC2)C1. The number of alkyl halides is 1. The molecule has 0 aliphatic heterocycles. The predicted octanol–water partition coefficient (Wildman–Crippen LogP) is 6.03. The molecule has 0 aromatic rings. The molecule has 106 valence electrons. The lowest BCUT2D eigenvalue weighted by molar-refractivity contribution is 0.196. The zero-order valence-electron chi connectivity index (χ0n) is 12.3. The van der Waals surface area contributed by atoms with Crippen LogP contribution in [0.4, 0.5) is 0 Å². The maximum absolute atomic E-state index is 6.57. The third-order valence-corrected chi connectivity index (χ3v) is 6.12. The maximum Gasteiger partial charge on any atom is 0.0364 e. The van der Waals surface area contributed by atoms with Crippen molar-refractivity contribution in [1.29, 1.82) is 0 Å². The van der Waals surface area contributed by atoms with Gasteiger partial charge in [-0.05, 0) is 49.4 Å². The summed E-state index contributed by atoms with van der Waals surface area (Å²) in [5.74, 6) is 3.64. The van der Waals surface area contributed by atoms with Gasteiger partial charge in [0.05, 0.1) is 0 Å². The Bertz CT molecular complexity index is 230. The molecule has 2 aliphatic carbocycles. The highest BCUT2D eigenvalue weighted by molar-refractivity contribution is 6.20. The Hall–Kier alpha value is 0.290. The van der Waals surface area contributed by atoms with Crippen molar-refractivity contribution in [1.82, 2.24) is 0 Å². The minimum Gasteiger partial charge on any atom is -0.123 e. The van der Waals surface area contributed by atoms with E-state index in [1.165, 1.54) is 64.2 Å². The van der Waals surface area contributed by atoms with Crippen LogP contribution in [0.5, 0.6) is 0 Å². The average molecular weight is 271 g/mol. The molecular formula is C17H31Cl. The Kier molecular flexibility index (Phi) is 5.86. The summed E-state index contributed by atoms with van der Waals surface area (Å²) in [6, 6.07) is 0. The normalized spacial score (nSPS) is 35.0. The lowest BCUT2D eigenvalue weighted by Gasteiger charge is -2.36. The van der Waals surface area contributed by atoms with E-state index in [1.54, 1.807) is 0 Å². The van der Waals surface area contributed by atoms with Crippen molar-refractivity contribution in [2.75, 3.05) is 0 Å². The fraction of sp³-hybridized carbons (Fsp3) is 1.00. The van der Waals surface area contributed by atoms with Crippen LogP contribution in [0.2, 0.25) is 0 Å². The van der Waals surface area contributed by atoms with E-state index in [2.05, 4.69) is 13.8 Å². The van der Waals surface area contributed by atoms with Crippen LogP contribution < -0.4 is 0 Å². The molecular weight excluding hydrogens is 240 g/mol. The molecule has 3 atom stereocenters. The molecule has 18 heavy (non-hydrogen) atoms. The molecule has 2 aliphatic rings. The second-order valence-corrected chi connectivity index (χ2v) is 7.74. The van der Waals surface area contributed by atoms with Crippen LogP contribution in [-0.2, 0) is 0 Å². The highest BCUT2D eigenvalue weighted by Crippen LogP contribution is 2.40. The van der Waals surface area contributed by atoms with E-state index < -0.39 is 0 Å². The Morgan fingerprint density at radius 1 is 0.944 bits per heavy atom. The van der Waals surface area contributed by atoms with E-state index in [4.69, 9.17) is 11.6 Å².